The van der Waals surface area contributed by atoms with Gasteiger partial charge in [0.05, 0.1) is 30.7 Å². The zero-order valence-electron chi connectivity index (χ0n) is 21.9. The number of aryl methyl sites for hydroxylation is 1. The smallest absolute Gasteiger partial charge is 0.416 e. The van der Waals surface area contributed by atoms with Crippen LogP contribution in [0.25, 0.3) is 11.1 Å². The Morgan fingerprint density at radius 3 is 2.58 bits per heavy atom. The lowest BCUT2D eigenvalue weighted by molar-refractivity contribution is -0.137. The van der Waals surface area contributed by atoms with Crippen molar-refractivity contribution in [1.82, 2.24) is 14.5 Å². The molecule has 0 radical (unpaired) electrons. The Morgan fingerprint density at radius 1 is 1.18 bits per heavy atom. The number of anilines is 2. The Morgan fingerprint density at radius 2 is 1.90 bits per heavy atom. The van der Waals surface area contributed by atoms with Crippen LogP contribution >= 0.6 is 0 Å². The number of carbonyl (C=O) groups is 2. The van der Waals surface area contributed by atoms with Gasteiger partial charge in [0.2, 0.25) is 0 Å². The summed E-state index contributed by atoms with van der Waals surface area (Å²) in [7, 11) is 1.41. The molecule has 212 valence electrons. The highest BCUT2D eigenvalue weighted by Gasteiger charge is 2.31. The van der Waals surface area contributed by atoms with E-state index in [0.717, 1.165) is 23.1 Å². The van der Waals surface area contributed by atoms with E-state index in [1.807, 2.05) is 4.90 Å². The van der Waals surface area contributed by atoms with Crippen molar-refractivity contribution in [2.24, 2.45) is 0 Å². The van der Waals surface area contributed by atoms with Gasteiger partial charge in [-0.15, -0.1) is 0 Å². The molecule has 1 aliphatic heterocycles. The minimum absolute atomic E-state index is 0.0750. The van der Waals surface area contributed by atoms with Gasteiger partial charge in [-0.2, -0.15) is 13.2 Å². The number of carboxylic acid groups (broad SMARTS) is 1. The van der Waals surface area contributed by atoms with Gasteiger partial charge in [0.25, 0.3) is 11.5 Å². The third-order valence-electron chi connectivity index (χ3n) is 6.53. The van der Waals surface area contributed by atoms with Crippen molar-refractivity contribution in [1.29, 1.82) is 0 Å². The van der Waals surface area contributed by atoms with Crippen LogP contribution in [0.4, 0.5) is 29.3 Å². The molecule has 1 saturated heterocycles. The van der Waals surface area contributed by atoms with Crippen molar-refractivity contribution in [3.05, 3.63) is 76.0 Å². The molecular formula is C27H28F3N5O5. The number of nitrogens with zero attached hydrogens (tertiary/aromatic N) is 4. The maximum absolute atomic E-state index is 13.3. The van der Waals surface area contributed by atoms with Crippen LogP contribution in [0, 0.1) is 6.92 Å². The topological polar surface area (TPSA) is 117 Å². The van der Waals surface area contributed by atoms with Gasteiger partial charge in [0.1, 0.15) is 5.69 Å². The maximum atomic E-state index is 13.3. The van der Waals surface area contributed by atoms with Gasteiger partial charge in [-0.05, 0) is 37.3 Å². The average Bonchev–Trinajstić information content (AvgIpc) is 2.93. The molecule has 1 fully saturated rings. The number of benzene rings is 1. The van der Waals surface area contributed by atoms with Crippen LogP contribution in [0.2, 0.25) is 0 Å². The van der Waals surface area contributed by atoms with Crippen LogP contribution in [0.3, 0.4) is 0 Å². The molecular weight excluding hydrogens is 531 g/mol. The summed E-state index contributed by atoms with van der Waals surface area (Å²) in [4.78, 5) is 44.7. The van der Waals surface area contributed by atoms with Crippen molar-refractivity contribution in [3.63, 3.8) is 0 Å². The summed E-state index contributed by atoms with van der Waals surface area (Å²) in [6, 6.07) is 7.45. The number of hydrogen-bond donors (Lipinski definition) is 2. The van der Waals surface area contributed by atoms with Crippen molar-refractivity contribution >= 4 is 23.4 Å². The zero-order valence-corrected chi connectivity index (χ0v) is 21.9. The SMILES string of the molecule is Cc1ncc(NC(=O)c2cccc(C(F)(F)F)c2)cc1-c1cc(N2CCOCC2)c(=O)n(CCN(C)C(=O)O)c1. The molecule has 3 heterocycles. The molecule has 0 saturated carbocycles. The van der Waals surface area contributed by atoms with E-state index in [9.17, 15) is 32.7 Å². The summed E-state index contributed by atoms with van der Waals surface area (Å²) in [5, 5.41) is 11.8. The van der Waals surface area contributed by atoms with Crippen LogP contribution in [-0.2, 0) is 17.5 Å². The fourth-order valence-corrected chi connectivity index (χ4v) is 4.25. The number of carbonyl (C=O) groups excluding carboxylic acids is 1. The highest BCUT2D eigenvalue weighted by molar-refractivity contribution is 6.04. The number of pyridine rings is 2. The number of rotatable bonds is 7. The van der Waals surface area contributed by atoms with Crippen LogP contribution in [0.15, 0.2) is 53.6 Å². The van der Waals surface area contributed by atoms with E-state index < -0.39 is 23.7 Å². The predicted octanol–water partition coefficient (Wildman–Crippen LogP) is 3.94. The summed E-state index contributed by atoms with van der Waals surface area (Å²) in [6.07, 6.45) is -2.72. The fraction of sp³-hybridized carbons (Fsp3) is 0.333. The van der Waals surface area contributed by atoms with Crippen molar-refractivity contribution < 1.29 is 32.6 Å². The van der Waals surface area contributed by atoms with Gasteiger partial charge >= 0.3 is 12.3 Å². The van der Waals surface area contributed by atoms with Gasteiger partial charge in [-0.1, -0.05) is 6.07 Å². The normalized spacial score (nSPS) is 13.7. The molecule has 13 heteroatoms. The second kappa shape index (κ2) is 11.8. The Kier molecular flexibility index (Phi) is 8.43. The van der Waals surface area contributed by atoms with Gasteiger partial charge in [0, 0.05) is 61.8 Å². The number of aromatic nitrogens is 2. The van der Waals surface area contributed by atoms with E-state index >= 15 is 0 Å². The molecule has 10 nitrogen and oxygen atoms in total. The lowest BCUT2D eigenvalue weighted by Crippen LogP contribution is -2.41. The van der Waals surface area contributed by atoms with Gasteiger partial charge in [0.15, 0.2) is 0 Å². The van der Waals surface area contributed by atoms with Crippen molar-refractivity contribution in [3.8, 4) is 11.1 Å². The van der Waals surface area contributed by atoms with Crippen LogP contribution in [0.1, 0.15) is 21.6 Å². The molecule has 0 atom stereocenters. The second-order valence-corrected chi connectivity index (χ2v) is 9.31. The number of alkyl halides is 3. The molecule has 1 aliphatic rings. The molecule has 0 spiro atoms. The van der Waals surface area contributed by atoms with Crippen LogP contribution in [-0.4, -0.2) is 71.5 Å². The summed E-state index contributed by atoms with van der Waals surface area (Å²) in [6.45, 7) is 3.81. The maximum Gasteiger partial charge on any atom is 0.416 e. The fourth-order valence-electron chi connectivity index (χ4n) is 4.25. The quantitative estimate of drug-likeness (QED) is 0.451. The molecule has 40 heavy (non-hydrogen) atoms. The van der Waals surface area contributed by atoms with E-state index in [0.29, 0.717) is 48.8 Å². The van der Waals surface area contributed by atoms with Gasteiger partial charge in [-0.25, -0.2) is 4.79 Å². The second-order valence-electron chi connectivity index (χ2n) is 9.31. The van der Waals surface area contributed by atoms with E-state index in [2.05, 4.69) is 10.3 Å². The third-order valence-corrected chi connectivity index (χ3v) is 6.53. The number of nitrogens with one attached hydrogen (secondary N) is 1. The first-order chi connectivity index (χ1) is 18.9. The summed E-state index contributed by atoms with van der Waals surface area (Å²) >= 11 is 0. The highest BCUT2D eigenvalue weighted by Crippen LogP contribution is 2.30. The number of morpholine rings is 1. The monoisotopic (exact) mass is 559 g/mol. The molecule has 1 aromatic carbocycles. The van der Waals surface area contributed by atoms with E-state index in [-0.39, 0.29) is 29.9 Å². The molecule has 2 aromatic heterocycles. The lowest BCUT2D eigenvalue weighted by atomic mass is 10.0. The predicted molar refractivity (Wildman–Crippen MR) is 142 cm³/mol. The zero-order chi connectivity index (χ0) is 29.0. The molecule has 3 aromatic rings. The summed E-state index contributed by atoms with van der Waals surface area (Å²) in [5.41, 5.74) is 1.03. The summed E-state index contributed by atoms with van der Waals surface area (Å²) in [5.74, 6) is -0.738. The first kappa shape index (κ1) is 28.6. The van der Waals surface area contributed by atoms with E-state index in [1.54, 1.807) is 25.3 Å². The van der Waals surface area contributed by atoms with Crippen LogP contribution in [0.5, 0.6) is 0 Å². The number of amides is 2. The van der Waals surface area contributed by atoms with Crippen LogP contribution < -0.4 is 15.8 Å². The Labute approximate surface area is 227 Å². The van der Waals surface area contributed by atoms with Crippen molar-refractivity contribution in [2.75, 3.05) is 50.1 Å². The molecule has 2 amide bonds. The Balaban J connectivity index is 1.69. The van der Waals surface area contributed by atoms with Crippen molar-refractivity contribution in [2.45, 2.75) is 19.6 Å². The first-order valence-electron chi connectivity index (χ1n) is 12.4. The minimum Gasteiger partial charge on any atom is -0.465 e. The molecule has 0 bridgehead atoms. The highest BCUT2D eigenvalue weighted by atomic mass is 19.4. The minimum atomic E-state index is -4.59. The number of hydrogen-bond acceptors (Lipinski definition) is 6. The van der Waals surface area contributed by atoms with Gasteiger partial charge in [-0.3, -0.25) is 14.6 Å². The lowest BCUT2D eigenvalue weighted by Gasteiger charge is -2.29. The number of likely N-dealkylation sites (N-methyl/N-ethyl adjacent to an activating group) is 1. The largest absolute Gasteiger partial charge is 0.465 e. The molecule has 2 N–H and O–H groups in total. The Hall–Kier alpha value is -4.39. The Bertz CT molecular complexity index is 1470. The standard InChI is InChI=1S/C27H28F3N5O5/c1-17-22(14-21(15-31-17)32-24(36)18-4-3-5-20(12-18)27(28,29)30)19-13-23(34-8-10-40-11-9-34)25(37)35(16-19)7-6-33(2)26(38)39/h3-5,12-16H,6-11H2,1-2H3,(H,32,36)(H,38,39). The molecule has 4 rings (SSSR count). The van der Waals surface area contributed by atoms with E-state index in [1.165, 1.54) is 23.9 Å². The summed E-state index contributed by atoms with van der Waals surface area (Å²) < 4.78 is 46.2. The van der Waals surface area contributed by atoms with Gasteiger partial charge < -0.3 is 29.5 Å². The average molecular weight is 560 g/mol. The molecule has 0 unspecified atom stereocenters. The third kappa shape index (κ3) is 6.60. The number of halogens is 3. The van der Waals surface area contributed by atoms with E-state index in [4.69, 9.17) is 4.74 Å². The first-order valence-corrected chi connectivity index (χ1v) is 12.4. The number of ether oxygens (including phenoxy) is 1. The molecule has 0 aliphatic carbocycles.